The molecule has 0 fully saturated rings. The van der Waals surface area contributed by atoms with Gasteiger partial charge in [0.05, 0.1) is 11.9 Å². The molecule has 1 rings (SSSR count). The van der Waals surface area contributed by atoms with E-state index in [4.69, 9.17) is 5.73 Å². The Morgan fingerprint density at radius 1 is 1.46 bits per heavy atom. The maximum atomic E-state index is 10.8. The molecule has 0 aromatic heterocycles. The Labute approximate surface area is 76.2 Å². The number of nitrogens with one attached hydrogen (secondary N) is 1. The van der Waals surface area contributed by atoms with Crippen LogP contribution in [0.25, 0.3) is 0 Å². The molecule has 0 spiro atoms. The molecule has 0 unspecified atom stereocenters. The number of sulfonamides is 1. The highest BCUT2D eigenvalue weighted by Gasteiger charge is 2.06. The summed E-state index contributed by atoms with van der Waals surface area (Å²) in [5, 5.41) is 9.22. The van der Waals surface area contributed by atoms with Gasteiger partial charge in [-0.1, -0.05) is 0 Å². The average molecular weight is 202 g/mol. The van der Waals surface area contributed by atoms with Gasteiger partial charge in [0.15, 0.2) is 0 Å². The number of aromatic hydroxyl groups is 1. The average Bonchev–Trinajstić information content (AvgIpc) is 1.94. The normalized spacial score (nSPS) is 11.2. The minimum Gasteiger partial charge on any atom is -0.506 e. The van der Waals surface area contributed by atoms with Crippen LogP contribution < -0.4 is 10.5 Å². The first-order chi connectivity index (χ1) is 5.88. The second kappa shape index (κ2) is 3.14. The van der Waals surface area contributed by atoms with Crippen LogP contribution in [0.2, 0.25) is 0 Å². The van der Waals surface area contributed by atoms with Gasteiger partial charge in [0.1, 0.15) is 5.75 Å². The molecule has 0 amide bonds. The smallest absolute Gasteiger partial charge is 0.229 e. The van der Waals surface area contributed by atoms with Gasteiger partial charge in [-0.3, -0.25) is 4.72 Å². The fraction of sp³-hybridized carbons (Fsp3) is 0.143. The summed E-state index contributed by atoms with van der Waals surface area (Å²) in [4.78, 5) is 0. The van der Waals surface area contributed by atoms with Crippen LogP contribution in [0.1, 0.15) is 0 Å². The number of anilines is 2. The fourth-order valence-electron chi connectivity index (χ4n) is 0.835. The molecular formula is C7H10N2O3S. The minimum absolute atomic E-state index is 0.0856. The third-order valence-corrected chi connectivity index (χ3v) is 1.91. The predicted octanol–water partition coefficient (Wildman–Crippen LogP) is 0.346. The van der Waals surface area contributed by atoms with Crippen molar-refractivity contribution in [3.05, 3.63) is 18.2 Å². The maximum Gasteiger partial charge on any atom is 0.229 e. The van der Waals surface area contributed by atoms with Crippen LogP contribution in [0.15, 0.2) is 18.2 Å². The molecule has 6 heteroatoms. The van der Waals surface area contributed by atoms with Gasteiger partial charge < -0.3 is 10.8 Å². The Balaban J connectivity index is 3.08. The summed E-state index contributed by atoms with van der Waals surface area (Å²) >= 11 is 0. The van der Waals surface area contributed by atoms with Gasteiger partial charge in [-0.25, -0.2) is 8.42 Å². The first-order valence-electron chi connectivity index (χ1n) is 3.45. The third-order valence-electron chi connectivity index (χ3n) is 1.32. The molecule has 72 valence electrons. The summed E-state index contributed by atoms with van der Waals surface area (Å²) in [5.41, 5.74) is 5.86. The van der Waals surface area contributed by atoms with E-state index in [9.17, 15) is 13.5 Å². The number of rotatable bonds is 2. The van der Waals surface area contributed by atoms with Crippen LogP contribution in [0.3, 0.4) is 0 Å². The number of phenols is 1. The van der Waals surface area contributed by atoms with Crippen LogP contribution in [-0.2, 0) is 10.0 Å². The number of hydrogen-bond donors (Lipinski definition) is 3. The van der Waals surface area contributed by atoms with E-state index < -0.39 is 10.0 Å². The first-order valence-corrected chi connectivity index (χ1v) is 5.34. The lowest BCUT2D eigenvalue weighted by Crippen LogP contribution is -2.09. The summed E-state index contributed by atoms with van der Waals surface area (Å²) in [6.07, 6.45) is 0.996. The first kappa shape index (κ1) is 9.66. The summed E-state index contributed by atoms with van der Waals surface area (Å²) in [6, 6.07) is 4.14. The highest BCUT2D eigenvalue weighted by atomic mass is 32.2. The van der Waals surface area contributed by atoms with E-state index in [-0.39, 0.29) is 11.4 Å². The zero-order valence-corrected chi connectivity index (χ0v) is 7.80. The van der Waals surface area contributed by atoms with Crippen LogP contribution in [0, 0.1) is 0 Å². The van der Waals surface area contributed by atoms with Crippen LogP contribution in [0.4, 0.5) is 11.4 Å². The van der Waals surface area contributed by atoms with Crippen molar-refractivity contribution in [2.75, 3.05) is 16.7 Å². The Morgan fingerprint density at radius 2 is 2.08 bits per heavy atom. The van der Waals surface area contributed by atoms with Crippen molar-refractivity contribution in [1.82, 2.24) is 0 Å². The highest BCUT2D eigenvalue weighted by molar-refractivity contribution is 7.92. The molecule has 13 heavy (non-hydrogen) atoms. The quantitative estimate of drug-likeness (QED) is 0.366. The predicted molar refractivity (Wildman–Crippen MR) is 51.0 cm³/mol. The van der Waals surface area contributed by atoms with Gasteiger partial charge in [-0.15, -0.1) is 0 Å². The van der Waals surface area contributed by atoms with Gasteiger partial charge in [0.25, 0.3) is 0 Å². The summed E-state index contributed by atoms with van der Waals surface area (Å²) in [7, 11) is -3.38. The Bertz CT molecular complexity index is 414. The third kappa shape index (κ3) is 2.83. The summed E-state index contributed by atoms with van der Waals surface area (Å²) < 4.78 is 23.7. The molecule has 0 bridgehead atoms. The van der Waals surface area contributed by atoms with E-state index >= 15 is 0 Å². The molecule has 5 nitrogen and oxygen atoms in total. The highest BCUT2D eigenvalue weighted by Crippen LogP contribution is 2.25. The number of phenolic OH excluding ortho intramolecular Hbond substituents is 1. The lowest BCUT2D eigenvalue weighted by Gasteiger charge is -2.06. The van der Waals surface area contributed by atoms with Gasteiger partial charge in [-0.05, 0) is 18.2 Å². The molecule has 0 aliphatic rings. The van der Waals surface area contributed by atoms with Crippen LogP contribution in [-0.4, -0.2) is 19.8 Å². The molecule has 0 radical (unpaired) electrons. The van der Waals surface area contributed by atoms with Crippen molar-refractivity contribution < 1.29 is 13.5 Å². The van der Waals surface area contributed by atoms with E-state index in [1.807, 2.05) is 0 Å². The van der Waals surface area contributed by atoms with Crippen LogP contribution in [0.5, 0.6) is 5.75 Å². The maximum absolute atomic E-state index is 10.8. The molecule has 4 N–H and O–H groups in total. The minimum atomic E-state index is -3.38. The number of hydrogen-bond acceptors (Lipinski definition) is 4. The van der Waals surface area contributed by atoms with Gasteiger partial charge in [-0.2, -0.15) is 0 Å². The topological polar surface area (TPSA) is 92.4 Å². The number of benzene rings is 1. The molecule has 0 saturated carbocycles. The van der Waals surface area contributed by atoms with Crippen molar-refractivity contribution in [3.8, 4) is 5.75 Å². The van der Waals surface area contributed by atoms with Gasteiger partial charge in [0, 0.05) is 5.69 Å². The Morgan fingerprint density at radius 3 is 2.62 bits per heavy atom. The van der Waals surface area contributed by atoms with Gasteiger partial charge >= 0.3 is 0 Å². The second-order valence-electron chi connectivity index (χ2n) is 2.65. The van der Waals surface area contributed by atoms with Crippen molar-refractivity contribution >= 4 is 21.4 Å². The Kier molecular flexibility index (Phi) is 2.33. The van der Waals surface area contributed by atoms with Crippen molar-refractivity contribution in [1.29, 1.82) is 0 Å². The molecule has 0 aliphatic heterocycles. The van der Waals surface area contributed by atoms with Crippen molar-refractivity contribution in [3.63, 3.8) is 0 Å². The zero-order valence-electron chi connectivity index (χ0n) is 6.98. The van der Waals surface area contributed by atoms with E-state index in [0.717, 1.165) is 6.26 Å². The molecular weight excluding hydrogens is 192 g/mol. The molecule has 0 aliphatic carbocycles. The van der Waals surface area contributed by atoms with Crippen molar-refractivity contribution in [2.45, 2.75) is 0 Å². The number of nitrogens with two attached hydrogens (primary N) is 1. The fourth-order valence-corrected chi connectivity index (χ4v) is 1.40. The van der Waals surface area contributed by atoms with E-state index in [2.05, 4.69) is 4.72 Å². The van der Waals surface area contributed by atoms with E-state index in [0.29, 0.717) is 5.69 Å². The SMILES string of the molecule is CS(=O)(=O)Nc1cc(N)ccc1O. The molecule has 1 aromatic carbocycles. The standard InChI is InChI=1S/C7H10N2O3S/c1-13(11,12)9-6-4-5(8)2-3-7(6)10/h2-4,9-10H,8H2,1H3. The van der Waals surface area contributed by atoms with Gasteiger partial charge in [0.2, 0.25) is 10.0 Å². The lowest BCUT2D eigenvalue weighted by atomic mass is 10.3. The van der Waals surface area contributed by atoms with Crippen molar-refractivity contribution in [2.24, 2.45) is 0 Å². The summed E-state index contributed by atoms with van der Waals surface area (Å²) in [6.45, 7) is 0. The Hall–Kier alpha value is -1.43. The van der Waals surface area contributed by atoms with E-state index in [1.165, 1.54) is 18.2 Å². The number of nitrogen functional groups attached to an aromatic ring is 1. The second-order valence-corrected chi connectivity index (χ2v) is 4.40. The molecule has 1 aromatic rings. The van der Waals surface area contributed by atoms with E-state index in [1.54, 1.807) is 0 Å². The summed E-state index contributed by atoms with van der Waals surface area (Å²) in [5.74, 6) is -0.153. The van der Waals surface area contributed by atoms with Crippen LogP contribution >= 0.6 is 0 Å². The lowest BCUT2D eigenvalue weighted by molar-refractivity contribution is 0.478. The monoisotopic (exact) mass is 202 g/mol. The molecule has 0 saturated heterocycles. The largest absolute Gasteiger partial charge is 0.506 e. The zero-order chi connectivity index (χ0) is 10.1. The molecule has 0 atom stereocenters. The molecule has 0 heterocycles.